The Morgan fingerprint density at radius 2 is 2.00 bits per heavy atom. The van der Waals surface area contributed by atoms with E-state index in [0.717, 1.165) is 0 Å². The lowest BCUT2D eigenvalue weighted by Gasteiger charge is -1.99. The van der Waals surface area contributed by atoms with E-state index in [1.165, 1.54) is 6.20 Å². The summed E-state index contributed by atoms with van der Waals surface area (Å²) in [5.74, 6) is 0.393. The number of hydrogen-bond acceptors (Lipinski definition) is 4. The number of fused-ring (bicyclic) bond motifs is 1. The van der Waals surface area contributed by atoms with Gasteiger partial charge in [-0.3, -0.25) is 0 Å². The van der Waals surface area contributed by atoms with Gasteiger partial charge < -0.3 is 10.2 Å². The summed E-state index contributed by atoms with van der Waals surface area (Å²) >= 11 is 11.9. The van der Waals surface area contributed by atoms with Crippen LogP contribution in [-0.2, 0) is 0 Å². The topological polar surface area (TPSA) is 64.9 Å². The number of rotatable bonds is 1. The van der Waals surface area contributed by atoms with E-state index in [1.54, 1.807) is 24.3 Å². The third-order valence-corrected chi connectivity index (χ3v) is 2.96. The van der Waals surface area contributed by atoms with Crippen LogP contribution in [0, 0.1) is 0 Å². The van der Waals surface area contributed by atoms with Crippen molar-refractivity contribution in [2.24, 2.45) is 0 Å². The first-order valence-corrected chi connectivity index (χ1v) is 5.86. The van der Waals surface area contributed by atoms with Crippen LogP contribution in [0.1, 0.15) is 0 Å². The third kappa shape index (κ3) is 1.89. The fourth-order valence-corrected chi connectivity index (χ4v) is 2.04. The smallest absolute Gasteiger partial charge is 0.247 e. The van der Waals surface area contributed by atoms with Gasteiger partial charge in [0.15, 0.2) is 0 Å². The Morgan fingerprint density at radius 1 is 1.17 bits per heavy atom. The summed E-state index contributed by atoms with van der Waals surface area (Å²) in [6, 6.07) is 6.81. The molecule has 4 nitrogen and oxygen atoms in total. The zero-order valence-corrected chi connectivity index (χ0v) is 10.5. The molecule has 18 heavy (non-hydrogen) atoms. The lowest BCUT2D eigenvalue weighted by Crippen LogP contribution is -1.85. The maximum atomic E-state index is 6.10. The van der Waals surface area contributed by atoms with Crippen LogP contribution in [0.2, 0.25) is 10.0 Å². The van der Waals surface area contributed by atoms with Crippen LogP contribution in [0.4, 0.5) is 5.69 Å². The zero-order chi connectivity index (χ0) is 12.7. The Bertz CT molecular complexity index is 739. The van der Waals surface area contributed by atoms with E-state index >= 15 is 0 Å². The molecule has 0 saturated heterocycles. The second kappa shape index (κ2) is 4.15. The summed E-state index contributed by atoms with van der Waals surface area (Å²) in [5.41, 5.74) is 7.89. The highest BCUT2D eigenvalue weighted by Gasteiger charge is 2.12. The monoisotopic (exact) mass is 279 g/mol. The van der Waals surface area contributed by atoms with Crippen molar-refractivity contribution in [1.82, 2.24) is 9.97 Å². The molecule has 0 aliphatic rings. The SMILES string of the molecule is Nc1ccc(-c2nc3cc(Cl)cnc3o2)c(Cl)c1. The normalized spacial score (nSPS) is 11.0. The molecule has 0 atom stereocenters. The second-order valence-corrected chi connectivity index (χ2v) is 4.58. The Balaban J connectivity index is 2.19. The van der Waals surface area contributed by atoms with Crippen molar-refractivity contribution in [2.75, 3.05) is 5.73 Å². The van der Waals surface area contributed by atoms with E-state index in [0.29, 0.717) is 38.4 Å². The van der Waals surface area contributed by atoms with Crippen molar-refractivity contribution in [3.63, 3.8) is 0 Å². The number of oxazole rings is 1. The maximum absolute atomic E-state index is 6.10. The molecule has 3 rings (SSSR count). The quantitative estimate of drug-likeness (QED) is 0.689. The van der Waals surface area contributed by atoms with Crippen molar-refractivity contribution >= 4 is 40.1 Å². The molecule has 0 spiro atoms. The molecule has 0 amide bonds. The summed E-state index contributed by atoms with van der Waals surface area (Å²) in [6.45, 7) is 0. The maximum Gasteiger partial charge on any atom is 0.247 e. The fraction of sp³-hybridized carbons (Fsp3) is 0. The number of pyridine rings is 1. The standard InChI is InChI=1S/C12H7Cl2N3O/c13-6-3-10-12(16-5-6)18-11(17-10)8-2-1-7(15)4-9(8)14/h1-5H,15H2. The van der Waals surface area contributed by atoms with Gasteiger partial charge in [-0.25, -0.2) is 9.97 Å². The van der Waals surface area contributed by atoms with Crippen molar-refractivity contribution in [3.05, 3.63) is 40.5 Å². The molecule has 6 heteroatoms. The number of benzene rings is 1. The van der Waals surface area contributed by atoms with E-state index in [2.05, 4.69) is 9.97 Å². The molecule has 90 valence electrons. The van der Waals surface area contributed by atoms with Gasteiger partial charge in [0.1, 0.15) is 5.52 Å². The molecule has 0 aliphatic carbocycles. The molecule has 3 aromatic rings. The predicted molar refractivity (Wildman–Crippen MR) is 71.7 cm³/mol. The number of hydrogen-bond donors (Lipinski definition) is 1. The van der Waals surface area contributed by atoms with E-state index < -0.39 is 0 Å². The van der Waals surface area contributed by atoms with Crippen LogP contribution < -0.4 is 5.73 Å². The molecular formula is C12H7Cl2N3O. The highest BCUT2D eigenvalue weighted by molar-refractivity contribution is 6.33. The van der Waals surface area contributed by atoms with Crippen LogP contribution >= 0.6 is 23.2 Å². The van der Waals surface area contributed by atoms with Crippen LogP contribution in [0.25, 0.3) is 22.7 Å². The lowest BCUT2D eigenvalue weighted by atomic mass is 10.2. The van der Waals surface area contributed by atoms with Gasteiger partial charge in [-0.2, -0.15) is 0 Å². The van der Waals surface area contributed by atoms with Crippen molar-refractivity contribution in [1.29, 1.82) is 0 Å². The number of aromatic nitrogens is 2. The third-order valence-electron chi connectivity index (χ3n) is 2.44. The minimum absolute atomic E-state index is 0.393. The van der Waals surface area contributed by atoms with Crippen molar-refractivity contribution < 1.29 is 4.42 Å². The van der Waals surface area contributed by atoms with Gasteiger partial charge >= 0.3 is 0 Å². The molecule has 0 saturated carbocycles. The molecule has 0 fully saturated rings. The van der Waals surface area contributed by atoms with E-state index in [1.807, 2.05) is 0 Å². The molecule has 1 aromatic carbocycles. The van der Waals surface area contributed by atoms with Crippen LogP contribution in [-0.4, -0.2) is 9.97 Å². The molecule has 2 heterocycles. The first-order valence-electron chi connectivity index (χ1n) is 5.11. The molecule has 0 bridgehead atoms. The van der Waals surface area contributed by atoms with Gasteiger partial charge in [0.2, 0.25) is 11.6 Å². The average Bonchev–Trinajstić information content (AvgIpc) is 2.71. The van der Waals surface area contributed by atoms with Crippen LogP contribution in [0.3, 0.4) is 0 Å². The molecular weight excluding hydrogens is 273 g/mol. The van der Waals surface area contributed by atoms with Gasteiger partial charge in [0.05, 0.1) is 15.6 Å². The number of anilines is 1. The van der Waals surface area contributed by atoms with Gasteiger partial charge in [-0.15, -0.1) is 0 Å². The van der Waals surface area contributed by atoms with Gasteiger partial charge in [0, 0.05) is 11.9 Å². The van der Waals surface area contributed by atoms with Gasteiger partial charge in [-0.1, -0.05) is 23.2 Å². The van der Waals surface area contributed by atoms with Crippen LogP contribution in [0.5, 0.6) is 0 Å². The first kappa shape index (κ1) is 11.3. The Labute approximate surface area is 112 Å². The molecule has 0 radical (unpaired) electrons. The molecule has 0 unspecified atom stereocenters. The summed E-state index contributed by atoms with van der Waals surface area (Å²) < 4.78 is 5.52. The van der Waals surface area contributed by atoms with E-state index in [-0.39, 0.29) is 0 Å². The number of nitrogens with two attached hydrogens (primary N) is 1. The van der Waals surface area contributed by atoms with E-state index in [4.69, 9.17) is 33.4 Å². The van der Waals surface area contributed by atoms with Gasteiger partial charge in [-0.05, 0) is 24.3 Å². The fourth-order valence-electron chi connectivity index (χ4n) is 1.62. The van der Waals surface area contributed by atoms with Crippen molar-refractivity contribution in [2.45, 2.75) is 0 Å². The number of halogens is 2. The minimum atomic E-state index is 0.393. The lowest BCUT2D eigenvalue weighted by molar-refractivity contribution is 0.608. The zero-order valence-electron chi connectivity index (χ0n) is 9.02. The number of nitrogens with zero attached hydrogens (tertiary/aromatic N) is 2. The molecule has 0 aliphatic heterocycles. The highest BCUT2D eigenvalue weighted by atomic mass is 35.5. The number of nitrogen functional groups attached to an aromatic ring is 1. The van der Waals surface area contributed by atoms with Gasteiger partial charge in [0.25, 0.3) is 0 Å². The average molecular weight is 280 g/mol. The second-order valence-electron chi connectivity index (χ2n) is 3.74. The summed E-state index contributed by atoms with van der Waals surface area (Å²) in [5, 5.41) is 0.985. The summed E-state index contributed by atoms with van der Waals surface area (Å²) in [6.07, 6.45) is 1.50. The molecule has 2 aromatic heterocycles. The Hall–Kier alpha value is -1.78. The summed E-state index contributed by atoms with van der Waals surface area (Å²) in [7, 11) is 0. The highest BCUT2D eigenvalue weighted by Crippen LogP contribution is 2.31. The summed E-state index contributed by atoms with van der Waals surface area (Å²) in [4.78, 5) is 8.34. The largest absolute Gasteiger partial charge is 0.418 e. The predicted octanol–water partition coefficient (Wildman–Crippen LogP) is 3.78. The Kier molecular flexibility index (Phi) is 2.61. The van der Waals surface area contributed by atoms with Crippen molar-refractivity contribution in [3.8, 4) is 11.5 Å². The first-order chi connectivity index (χ1) is 8.63. The van der Waals surface area contributed by atoms with E-state index in [9.17, 15) is 0 Å². The van der Waals surface area contributed by atoms with Crippen LogP contribution in [0.15, 0.2) is 34.9 Å². The molecule has 2 N–H and O–H groups in total. The Morgan fingerprint density at radius 3 is 2.78 bits per heavy atom. The minimum Gasteiger partial charge on any atom is -0.418 e.